The molecule has 1 heterocycles. The molecule has 0 aromatic heterocycles. The van der Waals surface area contributed by atoms with Crippen molar-refractivity contribution < 1.29 is 8.78 Å². The van der Waals surface area contributed by atoms with E-state index in [2.05, 4.69) is 5.32 Å². The first-order valence-corrected chi connectivity index (χ1v) is 10.4. The Bertz CT molecular complexity index is 990. The number of hydrogen-bond acceptors (Lipinski definition) is 5. The highest BCUT2D eigenvalue weighted by Gasteiger charge is 2.22. The van der Waals surface area contributed by atoms with Gasteiger partial charge in [-0.3, -0.25) is 10.3 Å². The van der Waals surface area contributed by atoms with Gasteiger partial charge in [0.05, 0.1) is 22.0 Å². The zero-order valence-electron chi connectivity index (χ0n) is 17.0. The Balaban J connectivity index is 1.91. The van der Waals surface area contributed by atoms with Crippen LogP contribution in [0, 0.1) is 11.2 Å². The SMILES string of the molecule is N=C(C(=C(/N)NCCN1CCC(F)C1)/C(Cl)=C(\N)c1ccccc1)c1cccc(F)c1. The number of hydrogen-bond donors (Lipinski definition) is 4. The second-order valence-corrected chi connectivity index (χ2v) is 7.76. The number of allylic oxidation sites excluding steroid dienone is 2. The molecule has 8 heteroatoms. The fourth-order valence-electron chi connectivity index (χ4n) is 3.46. The molecule has 31 heavy (non-hydrogen) atoms. The first-order valence-electron chi connectivity index (χ1n) is 10.0. The summed E-state index contributed by atoms with van der Waals surface area (Å²) in [5, 5.41) is 11.8. The van der Waals surface area contributed by atoms with Crippen molar-refractivity contribution in [2.24, 2.45) is 11.5 Å². The molecule has 6 N–H and O–H groups in total. The lowest BCUT2D eigenvalue weighted by Gasteiger charge is -2.19. The topological polar surface area (TPSA) is 91.2 Å². The van der Waals surface area contributed by atoms with Crippen molar-refractivity contribution in [3.63, 3.8) is 0 Å². The van der Waals surface area contributed by atoms with E-state index in [4.69, 9.17) is 28.5 Å². The second-order valence-electron chi connectivity index (χ2n) is 7.38. The van der Waals surface area contributed by atoms with Crippen molar-refractivity contribution in [3.8, 4) is 0 Å². The van der Waals surface area contributed by atoms with Gasteiger partial charge in [-0.2, -0.15) is 0 Å². The smallest absolute Gasteiger partial charge is 0.123 e. The van der Waals surface area contributed by atoms with Crippen LogP contribution >= 0.6 is 11.6 Å². The van der Waals surface area contributed by atoms with Gasteiger partial charge in [0.1, 0.15) is 17.8 Å². The van der Waals surface area contributed by atoms with Crippen LogP contribution in [0.4, 0.5) is 8.78 Å². The largest absolute Gasteiger partial charge is 0.397 e. The highest BCUT2D eigenvalue weighted by molar-refractivity contribution is 6.39. The molecule has 0 saturated carbocycles. The van der Waals surface area contributed by atoms with Crippen LogP contribution in [0.5, 0.6) is 0 Å². The fraction of sp³-hybridized carbons (Fsp3) is 0.261. The number of halogens is 3. The molecule has 3 rings (SSSR count). The molecule has 2 aromatic rings. The summed E-state index contributed by atoms with van der Waals surface area (Å²) in [6.07, 6.45) is -0.268. The van der Waals surface area contributed by atoms with Gasteiger partial charge in [-0.1, -0.05) is 54.1 Å². The molecule has 0 spiro atoms. The molecular formula is C23H26ClF2N5. The van der Waals surface area contributed by atoms with Crippen molar-refractivity contribution in [3.05, 3.63) is 88.0 Å². The molecule has 1 saturated heterocycles. The van der Waals surface area contributed by atoms with E-state index in [1.54, 1.807) is 18.2 Å². The lowest BCUT2D eigenvalue weighted by molar-refractivity contribution is 0.289. The van der Waals surface area contributed by atoms with Crippen LogP contribution in [-0.2, 0) is 0 Å². The zero-order valence-corrected chi connectivity index (χ0v) is 17.8. The van der Waals surface area contributed by atoms with Crippen LogP contribution in [0.3, 0.4) is 0 Å². The van der Waals surface area contributed by atoms with Crippen molar-refractivity contribution in [1.82, 2.24) is 10.2 Å². The second kappa shape index (κ2) is 10.4. The first-order chi connectivity index (χ1) is 14.9. The van der Waals surface area contributed by atoms with E-state index < -0.39 is 12.0 Å². The van der Waals surface area contributed by atoms with Crippen molar-refractivity contribution in [2.75, 3.05) is 26.2 Å². The molecule has 1 aliphatic rings. The number of benzene rings is 2. The van der Waals surface area contributed by atoms with E-state index in [1.165, 1.54) is 18.2 Å². The third-order valence-corrected chi connectivity index (χ3v) is 5.52. The number of likely N-dealkylation sites (tertiary alicyclic amines) is 1. The molecule has 1 fully saturated rings. The Hall–Kier alpha value is -2.90. The van der Waals surface area contributed by atoms with Crippen molar-refractivity contribution >= 4 is 23.0 Å². The standard InChI is InChI=1S/C23H26ClF2N5/c24-20(22(28)15-5-2-1-3-6-15)19(21(27)16-7-4-8-17(25)13-16)23(29)30-10-12-31-11-9-18(26)14-31/h1-8,13,18,27,30H,9-12,14,28-29H2/b22-20+,23-19-,27-21?. The van der Waals surface area contributed by atoms with E-state index in [0.29, 0.717) is 43.7 Å². The van der Waals surface area contributed by atoms with Crippen LogP contribution in [0.1, 0.15) is 17.5 Å². The number of nitrogens with one attached hydrogen (secondary N) is 2. The van der Waals surface area contributed by atoms with Gasteiger partial charge in [-0.25, -0.2) is 8.78 Å². The molecule has 164 valence electrons. The first kappa shape index (κ1) is 22.8. The summed E-state index contributed by atoms with van der Waals surface area (Å²) in [6.45, 7) is 2.13. The Morgan fingerprint density at radius 1 is 1.13 bits per heavy atom. The maximum absolute atomic E-state index is 13.8. The van der Waals surface area contributed by atoms with Crippen LogP contribution in [0.15, 0.2) is 71.0 Å². The summed E-state index contributed by atoms with van der Waals surface area (Å²) in [5.41, 5.74) is 13.9. The summed E-state index contributed by atoms with van der Waals surface area (Å²) < 4.78 is 27.1. The highest BCUT2D eigenvalue weighted by atomic mass is 35.5. The number of nitrogens with zero attached hydrogens (tertiary/aromatic N) is 1. The number of alkyl halides is 1. The monoisotopic (exact) mass is 445 g/mol. The normalized spacial score (nSPS) is 18.4. The lowest BCUT2D eigenvalue weighted by Crippen LogP contribution is -2.34. The van der Waals surface area contributed by atoms with E-state index >= 15 is 0 Å². The molecule has 5 nitrogen and oxygen atoms in total. The molecule has 0 bridgehead atoms. The predicted molar refractivity (Wildman–Crippen MR) is 122 cm³/mol. The van der Waals surface area contributed by atoms with Crippen LogP contribution in [-0.4, -0.2) is 43.0 Å². The third kappa shape index (κ3) is 5.83. The fourth-order valence-corrected chi connectivity index (χ4v) is 3.76. The van der Waals surface area contributed by atoms with Gasteiger partial charge in [0.2, 0.25) is 0 Å². The highest BCUT2D eigenvalue weighted by Crippen LogP contribution is 2.27. The van der Waals surface area contributed by atoms with Gasteiger partial charge in [0.15, 0.2) is 0 Å². The quantitative estimate of drug-likeness (QED) is 0.369. The van der Waals surface area contributed by atoms with Gasteiger partial charge >= 0.3 is 0 Å². The molecule has 1 aliphatic heterocycles. The van der Waals surface area contributed by atoms with Crippen molar-refractivity contribution in [1.29, 1.82) is 5.41 Å². The summed E-state index contributed by atoms with van der Waals surface area (Å²) in [7, 11) is 0. The average molecular weight is 446 g/mol. The van der Waals surface area contributed by atoms with E-state index in [0.717, 1.165) is 0 Å². The molecule has 1 atom stereocenters. The van der Waals surface area contributed by atoms with E-state index in [1.807, 2.05) is 23.1 Å². The summed E-state index contributed by atoms with van der Waals surface area (Å²) >= 11 is 6.62. The minimum absolute atomic E-state index is 0.0571. The Morgan fingerprint density at radius 3 is 2.48 bits per heavy atom. The van der Waals surface area contributed by atoms with Gasteiger partial charge < -0.3 is 16.8 Å². The van der Waals surface area contributed by atoms with Gasteiger partial charge in [-0.15, -0.1) is 0 Å². The van der Waals surface area contributed by atoms with Crippen LogP contribution in [0.2, 0.25) is 0 Å². The summed E-state index contributed by atoms with van der Waals surface area (Å²) in [5.74, 6) is -0.326. The van der Waals surface area contributed by atoms with Crippen LogP contribution in [0.25, 0.3) is 5.70 Å². The summed E-state index contributed by atoms with van der Waals surface area (Å²) in [4.78, 5) is 2.00. The number of nitrogens with two attached hydrogens (primary N) is 2. The van der Waals surface area contributed by atoms with Crippen molar-refractivity contribution in [2.45, 2.75) is 12.6 Å². The molecule has 1 unspecified atom stereocenters. The molecular weight excluding hydrogens is 420 g/mol. The minimum Gasteiger partial charge on any atom is -0.397 e. The average Bonchev–Trinajstić information content (AvgIpc) is 3.18. The molecule has 0 radical (unpaired) electrons. The van der Waals surface area contributed by atoms with Gasteiger partial charge in [0.25, 0.3) is 0 Å². The third-order valence-electron chi connectivity index (χ3n) is 5.13. The lowest BCUT2D eigenvalue weighted by atomic mass is 9.99. The van der Waals surface area contributed by atoms with Gasteiger partial charge in [0, 0.05) is 31.7 Å². The Morgan fingerprint density at radius 2 is 1.84 bits per heavy atom. The molecule has 2 aromatic carbocycles. The van der Waals surface area contributed by atoms with E-state index in [-0.39, 0.29) is 27.8 Å². The Kier molecular flexibility index (Phi) is 7.65. The van der Waals surface area contributed by atoms with Crippen LogP contribution < -0.4 is 16.8 Å². The predicted octanol–water partition coefficient (Wildman–Crippen LogP) is 3.56. The summed E-state index contributed by atoms with van der Waals surface area (Å²) in [6, 6.07) is 14.7. The molecule has 0 amide bonds. The van der Waals surface area contributed by atoms with Gasteiger partial charge in [-0.05, 0) is 24.1 Å². The zero-order chi connectivity index (χ0) is 22.4. The number of rotatable bonds is 8. The van der Waals surface area contributed by atoms with E-state index in [9.17, 15) is 8.78 Å². The maximum atomic E-state index is 13.8. The Labute approximate surface area is 185 Å². The minimum atomic E-state index is -0.798. The maximum Gasteiger partial charge on any atom is 0.123 e. The molecule has 0 aliphatic carbocycles.